The minimum absolute atomic E-state index is 0.0654. The highest BCUT2D eigenvalue weighted by molar-refractivity contribution is 6.04. The van der Waals surface area contributed by atoms with E-state index in [0.717, 1.165) is 43.6 Å². The summed E-state index contributed by atoms with van der Waals surface area (Å²) < 4.78 is 2.04. The van der Waals surface area contributed by atoms with Crippen LogP contribution in [0.1, 0.15) is 42.5 Å². The highest BCUT2D eigenvalue weighted by atomic mass is 16.2. The van der Waals surface area contributed by atoms with Gasteiger partial charge in [-0.25, -0.2) is 0 Å². The van der Waals surface area contributed by atoms with Crippen LogP contribution in [0.4, 0.5) is 11.4 Å². The molecule has 1 heterocycles. The van der Waals surface area contributed by atoms with E-state index in [4.69, 9.17) is 0 Å². The summed E-state index contributed by atoms with van der Waals surface area (Å²) in [7, 11) is 0. The Balaban J connectivity index is 1.30. The molecule has 0 radical (unpaired) electrons. The third-order valence-electron chi connectivity index (χ3n) is 4.67. The molecule has 0 aliphatic heterocycles. The second-order valence-corrected chi connectivity index (χ2v) is 7.04. The van der Waals surface area contributed by atoms with Gasteiger partial charge in [-0.3, -0.25) is 9.59 Å². The molecule has 0 atom stereocenters. The highest BCUT2D eigenvalue weighted by Gasteiger charge is 2.07. The van der Waals surface area contributed by atoms with Gasteiger partial charge in [-0.05, 0) is 43.2 Å². The first kappa shape index (κ1) is 20.4. The average molecular weight is 389 g/mol. The monoisotopic (exact) mass is 389 g/mol. The molecule has 0 spiro atoms. The van der Waals surface area contributed by atoms with E-state index in [2.05, 4.69) is 10.6 Å². The van der Waals surface area contributed by atoms with Crippen LogP contribution in [-0.2, 0) is 11.3 Å². The van der Waals surface area contributed by atoms with Crippen LogP contribution in [0.15, 0.2) is 79.1 Å². The lowest BCUT2D eigenvalue weighted by Gasteiger charge is -2.06. The Morgan fingerprint density at radius 2 is 1.34 bits per heavy atom. The zero-order valence-corrected chi connectivity index (χ0v) is 16.5. The molecule has 2 N–H and O–H groups in total. The van der Waals surface area contributed by atoms with Crippen LogP contribution in [0.5, 0.6) is 0 Å². The predicted octanol–water partition coefficient (Wildman–Crippen LogP) is 5.33. The molecule has 150 valence electrons. The van der Waals surface area contributed by atoms with Crippen molar-refractivity contribution < 1.29 is 9.59 Å². The molecule has 3 rings (SSSR count). The Morgan fingerprint density at radius 3 is 2.03 bits per heavy atom. The molecule has 1 aromatic heterocycles. The second-order valence-electron chi connectivity index (χ2n) is 7.04. The number of aryl methyl sites for hydroxylation is 1. The Morgan fingerprint density at radius 1 is 0.724 bits per heavy atom. The van der Waals surface area contributed by atoms with Crippen LogP contribution in [0.2, 0.25) is 0 Å². The molecule has 2 aromatic carbocycles. The van der Waals surface area contributed by atoms with Crippen molar-refractivity contribution in [1.82, 2.24) is 4.57 Å². The fraction of sp³-hybridized carbons (Fsp3) is 0.250. The Kier molecular flexibility index (Phi) is 7.63. The molecule has 3 aromatic rings. The minimum atomic E-state index is -0.0978. The van der Waals surface area contributed by atoms with Crippen molar-refractivity contribution in [2.75, 3.05) is 10.6 Å². The molecule has 5 heteroatoms. The molecule has 5 nitrogen and oxygen atoms in total. The van der Waals surface area contributed by atoms with Gasteiger partial charge in [0.25, 0.3) is 5.91 Å². The average Bonchev–Trinajstić information content (AvgIpc) is 3.21. The Bertz CT molecular complexity index is 904. The van der Waals surface area contributed by atoms with Crippen molar-refractivity contribution in [3.05, 3.63) is 84.7 Å². The molecule has 0 saturated carbocycles. The SMILES string of the molecule is O=C(CCCCCCn1ccc(C(=O)Nc2ccccc2)c1)Nc1ccccc1. The van der Waals surface area contributed by atoms with Gasteiger partial charge in [0, 0.05) is 36.7 Å². The van der Waals surface area contributed by atoms with E-state index in [1.54, 1.807) is 0 Å². The van der Waals surface area contributed by atoms with Crippen molar-refractivity contribution in [3.63, 3.8) is 0 Å². The van der Waals surface area contributed by atoms with Crippen molar-refractivity contribution in [2.45, 2.75) is 38.6 Å². The van der Waals surface area contributed by atoms with E-state index in [0.29, 0.717) is 12.0 Å². The second kappa shape index (κ2) is 10.9. The van der Waals surface area contributed by atoms with Crippen LogP contribution in [0, 0.1) is 0 Å². The maximum absolute atomic E-state index is 12.3. The molecule has 0 saturated heterocycles. The van der Waals surface area contributed by atoms with Crippen molar-refractivity contribution >= 4 is 23.2 Å². The topological polar surface area (TPSA) is 63.1 Å². The number of unbranched alkanes of at least 4 members (excludes halogenated alkanes) is 3. The van der Waals surface area contributed by atoms with Gasteiger partial charge in [-0.15, -0.1) is 0 Å². The number of carbonyl (C=O) groups is 2. The number of benzene rings is 2. The first-order valence-corrected chi connectivity index (χ1v) is 10.1. The molecule has 0 fully saturated rings. The highest BCUT2D eigenvalue weighted by Crippen LogP contribution is 2.11. The van der Waals surface area contributed by atoms with E-state index in [1.807, 2.05) is 83.7 Å². The van der Waals surface area contributed by atoms with Gasteiger partial charge in [-0.1, -0.05) is 49.2 Å². The first-order valence-electron chi connectivity index (χ1n) is 10.1. The van der Waals surface area contributed by atoms with Crippen molar-refractivity contribution in [3.8, 4) is 0 Å². The summed E-state index contributed by atoms with van der Waals surface area (Å²) >= 11 is 0. The third-order valence-corrected chi connectivity index (χ3v) is 4.67. The molecule has 0 unspecified atom stereocenters. The summed E-state index contributed by atoms with van der Waals surface area (Å²) in [5.74, 6) is -0.0324. The van der Waals surface area contributed by atoms with Gasteiger partial charge in [0.05, 0.1) is 5.56 Å². The van der Waals surface area contributed by atoms with Gasteiger partial charge < -0.3 is 15.2 Å². The lowest BCUT2D eigenvalue weighted by atomic mass is 10.1. The minimum Gasteiger partial charge on any atom is -0.353 e. The number of nitrogens with zero attached hydrogens (tertiary/aromatic N) is 1. The number of carbonyl (C=O) groups excluding carboxylic acids is 2. The summed E-state index contributed by atoms with van der Waals surface area (Å²) in [5, 5.41) is 5.80. The number of amides is 2. The standard InChI is InChI=1S/C24H27N3O2/c28-23(25-21-11-5-3-6-12-21)15-9-1-2-10-17-27-18-16-20(19-27)24(29)26-22-13-7-4-8-14-22/h3-8,11-14,16,18-19H,1-2,9-10,15,17H2,(H,25,28)(H,26,29). The number of para-hydroxylation sites is 2. The van der Waals surface area contributed by atoms with E-state index >= 15 is 0 Å². The van der Waals surface area contributed by atoms with Gasteiger partial charge in [0.2, 0.25) is 5.91 Å². The quantitative estimate of drug-likeness (QED) is 0.460. The third kappa shape index (κ3) is 6.96. The Labute approximate surface area is 171 Å². The van der Waals surface area contributed by atoms with E-state index in [-0.39, 0.29) is 11.8 Å². The molecule has 29 heavy (non-hydrogen) atoms. The maximum Gasteiger partial charge on any atom is 0.257 e. The van der Waals surface area contributed by atoms with Crippen molar-refractivity contribution in [1.29, 1.82) is 0 Å². The van der Waals surface area contributed by atoms with Crippen LogP contribution in [-0.4, -0.2) is 16.4 Å². The molecular weight excluding hydrogens is 362 g/mol. The van der Waals surface area contributed by atoms with Crippen LogP contribution in [0.25, 0.3) is 0 Å². The number of anilines is 2. The van der Waals surface area contributed by atoms with Crippen LogP contribution < -0.4 is 10.6 Å². The van der Waals surface area contributed by atoms with Crippen LogP contribution >= 0.6 is 0 Å². The molecular formula is C24H27N3O2. The smallest absolute Gasteiger partial charge is 0.257 e. The Hall–Kier alpha value is -3.34. The predicted molar refractivity (Wildman–Crippen MR) is 117 cm³/mol. The van der Waals surface area contributed by atoms with Gasteiger partial charge in [-0.2, -0.15) is 0 Å². The zero-order valence-electron chi connectivity index (χ0n) is 16.5. The lowest BCUT2D eigenvalue weighted by molar-refractivity contribution is -0.116. The summed E-state index contributed by atoms with van der Waals surface area (Å²) in [6, 6.07) is 20.8. The largest absolute Gasteiger partial charge is 0.353 e. The fourth-order valence-electron chi connectivity index (χ4n) is 3.12. The van der Waals surface area contributed by atoms with Crippen LogP contribution in [0.3, 0.4) is 0 Å². The summed E-state index contributed by atoms with van der Waals surface area (Å²) in [4.78, 5) is 24.2. The number of rotatable bonds is 10. The number of hydrogen-bond donors (Lipinski definition) is 2. The molecule has 0 aliphatic carbocycles. The number of aromatic nitrogens is 1. The van der Waals surface area contributed by atoms with E-state index < -0.39 is 0 Å². The van der Waals surface area contributed by atoms with E-state index in [1.165, 1.54) is 0 Å². The van der Waals surface area contributed by atoms with Gasteiger partial charge >= 0.3 is 0 Å². The van der Waals surface area contributed by atoms with Crippen molar-refractivity contribution in [2.24, 2.45) is 0 Å². The maximum atomic E-state index is 12.3. The first-order chi connectivity index (χ1) is 14.2. The summed E-state index contributed by atoms with van der Waals surface area (Å²) in [5.41, 5.74) is 2.30. The number of nitrogens with one attached hydrogen (secondary N) is 2. The normalized spacial score (nSPS) is 10.5. The molecule has 0 bridgehead atoms. The van der Waals surface area contributed by atoms with E-state index in [9.17, 15) is 9.59 Å². The summed E-state index contributed by atoms with van der Waals surface area (Å²) in [6.07, 6.45) is 8.35. The zero-order chi connectivity index (χ0) is 20.3. The fourth-order valence-corrected chi connectivity index (χ4v) is 3.12. The molecule has 2 amide bonds. The van der Waals surface area contributed by atoms with Gasteiger partial charge in [0.15, 0.2) is 0 Å². The number of hydrogen-bond acceptors (Lipinski definition) is 2. The lowest BCUT2D eigenvalue weighted by Crippen LogP contribution is -2.11. The molecule has 0 aliphatic rings. The summed E-state index contributed by atoms with van der Waals surface area (Å²) in [6.45, 7) is 0.870. The van der Waals surface area contributed by atoms with Gasteiger partial charge in [0.1, 0.15) is 0 Å².